The molecule has 6 rings (SSSR count). The van der Waals surface area contributed by atoms with Crippen molar-refractivity contribution in [2.45, 2.75) is 19.9 Å². The Kier molecular flexibility index (Phi) is 5.26. The summed E-state index contributed by atoms with van der Waals surface area (Å²) < 4.78 is 12.1. The number of carbonyl (C=O) groups excluding carboxylic acids is 2. The highest BCUT2D eigenvalue weighted by atomic mass is 32.1. The Balaban J connectivity index is 1.54. The monoisotopic (exact) mass is 498 g/mol. The number of carbonyl (C=O) groups is 2. The first kappa shape index (κ1) is 22.3. The standard InChI is InChI=1S/C28H22N2O5S/c1-15-3-6-17(7-4-15)24-23(25(31)18-8-10-20-21(14-18)35-12-11-34-20)26(32)27(33)30(24)28-29-19-9-5-16(2)13-22(19)36-28/h3-10,13-14,24,31H,11-12H2,1-2H3/t24-/m1/s1. The SMILES string of the molecule is Cc1ccc([C@@H]2C(=C(O)c3ccc4c(c3)OCCO4)C(=O)C(=O)N2c2nc3ccc(C)cc3s2)cc1. The quantitative estimate of drug-likeness (QED) is 0.234. The number of amides is 1. The van der Waals surface area contributed by atoms with Gasteiger partial charge in [-0.3, -0.25) is 14.5 Å². The minimum atomic E-state index is -0.833. The molecular formula is C28H22N2O5S. The van der Waals surface area contributed by atoms with Crippen molar-refractivity contribution in [3.63, 3.8) is 0 Å². The maximum Gasteiger partial charge on any atom is 0.301 e. The van der Waals surface area contributed by atoms with Crippen LogP contribution in [0.3, 0.4) is 0 Å². The number of ether oxygens (including phenoxy) is 2. The molecule has 8 heteroatoms. The molecule has 36 heavy (non-hydrogen) atoms. The molecule has 2 aliphatic heterocycles. The van der Waals surface area contributed by atoms with Crippen LogP contribution in [0.1, 0.15) is 28.3 Å². The summed E-state index contributed by atoms with van der Waals surface area (Å²) in [7, 11) is 0. The first-order valence-corrected chi connectivity index (χ1v) is 12.4. The van der Waals surface area contributed by atoms with Crippen LogP contribution in [0.2, 0.25) is 0 Å². The summed E-state index contributed by atoms with van der Waals surface area (Å²) in [4.78, 5) is 32.9. The molecule has 1 N–H and O–H groups in total. The molecule has 180 valence electrons. The van der Waals surface area contributed by atoms with Gasteiger partial charge in [0.05, 0.1) is 21.8 Å². The number of Topliss-reactive ketones (excluding diaryl/α,β-unsaturated/α-hetero) is 1. The zero-order valence-electron chi connectivity index (χ0n) is 19.6. The summed E-state index contributed by atoms with van der Waals surface area (Å²) in [5.74, 6) is -0.708. The number of anilines is 1. The zero-order valence-corrected chi connectivity index (χ0v) is 20.5. The molecule has 7 nitrogen and oxygen atoms in total. The number of benzene rings is 3. The molecule has 1 atom stereocenters. The summed E-state index contributed by atoms with van der Waals surface area (Å²) in [6.45, 7) is 4.79. The van der Waals surface area contributed by atoms with Crippen molar-refractivity contribution >= 4 is 44.1 Å². The number of aryl methyl sites for hydroxylation is 2. The van der Waals surface area contributed by atoms with Crippen molar-refractivity contribution in [3.05, 3.63) is 88.5 Å². The molecule has 3 heterocycles. The Labute approximate surface area is 211 Å². The van der Waals surface area contributed by atoms with Crippen molar-refractivity contribution in [3.8, 4) is 11.5 Å². The van der Waals surface area contributed by atoms with Gasteiger partial charge in [0, 0.05) is 5.56 Å². The van der Waals surface area contributed by atoms with Crippen LogP contribution >= 0.6 is 11.3 Å². The van der Waals surface area contributed by atoms with Gasteiger partial charge in [-0.05, 0) is 55.3 Å². The van der Waals surface area contributed by atoms with Crippen LogP contribution in [-0.2, 0) is 9.59 Å². The van der Waals surface area contributed by atoms with Crippen LogP contribution in [0.25, 0.3) is 16.0 Å². The number of fused-ring (bicyclic) bond motifs is 2. The van der Waals surface area contributed by atoms with Crippen LogP contribution in [0.15, 0.2) is 66.2 Å². The third kappa shape index (κ3) is 3.61. The van der Waals surface area contributed by atoms with Crippen LogP contribution < -0.4 is 14.4 Å². The molecule has 1 aromatic heterocycles. The van der Waals surface area contributed by atoms with E-state index < -0.39 is 17.7 Å². The summed E-state index contributed by atoms with van der Waals surface area (Å²) in [5.41, 5.74) is 3.95. The van der Waals surface area contributed by atoms with Gasteiger partial charge in [0.1, 0.15) is 19.0 Å². The minimum absolute atomic E-state index is 0.0102. The van der Waals surface area contributed by atoms with Crippen molar-refractivity contribution in [1.82, 2.24) is 4.98 Å². The Morgan fingerprint density at radius 1 is 0.944 bits per heavy atom. The third-order valence-electron chi connectivity index (χ3n) is 6.39. The Bertz CT molecular complexity index is 1570. The summed E-state index contributed by atoms with van der Waals surface area (Å²) >= 11 is 1.35. The number of aliphatic hydroxyl groups is 1. The molecule has 0 unspecified atom stereocenters. The van der Waals surface area contributed by atoms with E-state index in [1.54, 1.807) is 18.2 Å². The normalized spacial score (nSPS) is 18.7. The van der Waals surface area contributed by atoms with Gasteiger partial charge in [0.2, 0.25) is 0 Å². The van der Waals surface area contributed by atoms with E-state index in [-0.39, 0.29) is 11.3 Å². The molecule has 4 aromatic rings. The fraction of sp³-hybridized carbons (Fsp3) is 0.179. The zero-order chi connectivity index (χ0) is 25.0. The van der Waals surface area contributed by atoms with Crippen molar-refractivity contribution in [2.75, 3.05) is 18.1 Å². The number of aromatic nitrogens is 1. The van der Waals surface area contributed by atoms with E-state index in [2.05, 4.69) is 4.98 Å². The Morgan fingerprint density at radius 2 is 1.67 bits per heavy atom. The summed E-state index contributed by atoms with van der Waals surface area (Å²) in [6.07, 6.45) is 0. The number of ketones is 1. The van der Waals surface area contributed by atoms with Gasteiger partial charge >= 0.3 is 5.91 Å². The van der Waals surface area contributed by atoms with Crippen LogP contribution in [0, 0.1) is 13.8 Å². The van der Waals surface area contributed by atoms with Crippen LogP contribution in [0.4, 0.5) is 5.13 Å². The van der Waals surface area contributed by atoms with Gasteiger partial charge in [0.25, 0.3) is 5.78 Å². The predicted molar refractivity (Wildman–Crippen MR) is 138 cm³/mol. The third-order valence-corrected chi connectivity index (χ3v) is 7.41. The van der Waals surface area contributed by atoms with Gasteiger partial charge in [-0.15, -0.1) is 0 Å². The predicted octanol–water partition coefficient (Wildman–Crippen LogP) is 5.31. The number of nitrogens with zero attached hydrogens (tertiary/aromatic N) is 2. The fourth-order valence-electron chi connectivity index (χ4n) is 4.56. The van der Waals surface area contributed by atoms with Gasteiger partial charge in [-0.1, -0.05) is 47.2 Å². The van der Waals surface area contributed by atoms with Crippen molar-refractivity contribution < 1.29 is 24.2 Å². The molecular weight excluding hydrogens is 476 g/mol. The molecule has 2 aliphatic rings. The van der Waals surface area contributed by atoms with E-state index in [0.717, 1.165) is 21.3 Å². The molecule has 1 fully saturated rings. The average molecular weight is 499 g/mol. The Hall–Kier alpha value is -4.17. The maximum atomic E-state index is 13.4. The fourth-order valence-corrected chi connectivity index (χ4v) is 5.65. The molecule has 0 saturated carbocycles. The van der Waals surface area contributed by atoms with E-state index in [0.29, 0.717) is 41.0 Å². The van der Waals surface area contributed by atoms with Crippen molar-refractivity contribution in [2.24, 2.45) is 0 Å². The Morgan fingerprint density at radius 3 is 2.44 bits per heavy atom. The molecule has 1 amide bonds. The van der Waals surface area contributed by atoms with Gasteiger partial charge in [0.15, 0.2) is 16.6 Å². The lowest BCUT2D eigenvalue weighted by atomic mass is 9.94. The lowest BCUT2D eigenvalue weighted by Crippen LogP contribution is -2.29. The maximum absolute atomic E-state index is 13.4. The summed E-state index contributed by atoms with van der Waals surface area (Å²) in [5, 5.41) is 11.8. The molecule has 3 aromatic carbocycles. The van der Waals surface area contributed by atoms with E-state index in [9.17, 15) is 14.7 Å². The van der Waals surface area contributed by atoms with E-state index >= 15 is 0 Å². The number of rotatable bonds is 3. The van der Waals surface area contributed by atoms with E-state index in [1.807, 2.05) is 56.3 Å². The van der Waals surface area contributed by atoms with Crippen molar-refractivity contribution in [1.29, 1.82) is 0 Å². The molecule has 1 saturated heterocycles. The van der Waals surface area contributed by atoms with Crippen LogP contribution in [0.5, 0.6) is 11.5 Å². The second kappa shape index (κ2) is 8.49. The number of aliphatic hydroxyl groups excluding tert-OH is 1. The lowest BCUT2D eigenvalue weighted by Gasteiger charge is -2.23. The lowest BCUT2D eigenvalue weighted by molar-refractivity contribution is -0.132. The molecule has 0 radical (unpaired) electrons. The highest BCUT2D eigenvalue weighted by Gasteiger charge is 2.48. The topological polar surface area (TPSA) is 89.0 Å². The highest BCUT2D eigenvalue weighted by Crippen LogP contribution is 2.45. The van der Waals surface area contributed by atoms with Gasteiger partial charge in [-0.25, -0.2) is 4.98 Å². The molecule has 0 bridgehead atoms. The number of thiazole rings is 1. The van der Waals surface area contributed by atoms with E-state index in [4.69, 9.17) is 9.47 Å². The number of hydrogen-bond donors (Lipinski definition) is 1. The second-order valence-corrected chi connectivity index (χ2v) is 9.91. The smallest absolute Gasteiger partial charge is 0.301 e. The molecule has 0 aliphatic carbocycles. The summed E-state index contributed by atoms with van der Waals surface area (Å²) in [6, 6.07) is 17.6. The minimum Gasteiger partial charge on any atom is -0.507 e. The first-order valence-electron chi connectivity index (χ1n) is 11.6. The highest BCUT2D eigenvalue weighted by molar-refractivity contribution is 7.22. The largest absolute Gasteiger partial charge is 0.507 e. The second-order valence-electron chi connectivity index (χ2n) is 8.91. The van der Waals surface area contributed by atoms with Gasteiger partial charge in [-0.2, -0.15) is 0 Å². The average Bonchev–Trinajstić information content (AvgIpc) is 3.41. The van der Waals surface area contributed by atoms with E-state index in [1.165, 1.54) is 16.2 Å². The number of hydrogen-bond acceptors (Lipinski definition) is 7. The van der Waals surface area contributed by atoms with Gasteiger partial charge < -0.3 is 14.6 Å². The van der Waals surface area contributed by atoms with Crippen LogP contribution in [-0.4, -0.2) is 35.0 Å². The first-order chi connectivity index (χ1) is 17.4. The molecule has 0 spiro atoms.